The second kappa shape index (κ2) is 8.53. The molecule has 0 bridgehead atoms. The first-order valence-corrected chi connectivity index (χ1v) is 6.85. The van der Waals surface area contributed by atoms with E-state index < -0.39 is 0 Å². The molecule has 1 atom stereocenters. The molecule has 0 spiro atoms. The van der Waals surface area contributed by atoms with E-state index in [0.29, 0.717) is 19.6 Å². The third kappa shape index (κ3) is 6.82. The largest absolute Gasteiger partial charge is 0.494 e. The van der Waals surface area contributed by atoms with Crippen LogP contribution in [-0.2, 0) is 11.3 Å². The summed E-state index contributed by atoms with van der Waals surface area (Å²) in [6, 6.07) is 7.94. The van der Waals surface area contributed by atoms with Crippen molar-refractivity contribution in [1.29, 1.82) is 0 Å². The summed E-state index contributed by atoms with van der Waals surface area (Å²) in [7, 11) is 0. The molecule has 1 unspecified atom stereocenters. The van der Waals surface area contributed by atoms with Crippen LogP contribution in [0.1, 0.15) is 38.7 Å². The van der Waals surface area contributed by atoms with Crippen LogP contribution < -0.4 is 15.8 Å². The molecule has 0 fully saturated rings. The minimum Gasteiger partial charge on any atom is -0.494 e. The fraction of sp³-hybridized carbons (Fsp3) is 0.533. The first-order valence-electron chi connectivity index (χ1n) is 6.85. The lowest BCUT2D eigenvalue weighted by molar-refractivity contribution is -0.121. The van der Waals surface area contributed by atoms with Crippen LogP contribution in [0.2, 0.25) is 0 Å². The number of carbonyl (C=O) groups excluding carboxylic acids is 1. The van der Waals surface area contributed by atoms with Gasteiger partial charge in [-0.05, 0) is 44.4 Å². The highest BCUT2D eigenvalue weighted by Gasteiger charge is 2.03. The standard InChI is InChI=1S/C15H24N2O2/c1-3-19-14-8-5-7-13(10-14)11-17-15(18)9-4-6-12(2)16/h5,7-8,10,12H,3-4,6,9,11,16H2,1-2H3,(H,17,18). The van der Waals surface area contributed by atoms with Gasteiger partial charge in [0.15, 0.2) is 0 Å². The van der Waals surface area contributed by atoms with Gasteiger partial charge in [0.25, 0.3) is 0 Å². The summed E-state index contributed by atoms with van der Waals surface area (Å²) in [5, 5.41) is 2.91. The number of amides is 1. The van der Waals surface area contributed by atoms with Crippen molar-refractivity contribution in [2.75, 3.05) is 6.61 Å². The number of benzene rings is 1. The number of hydrogen-bond donors (Lipinski definition) is 2. The number of rotatable bonds is 8. The monoisotopic (exact) mass is 264 g/mol. The lowest BCUT2D eigenvalue weighted by atomic mass is 10.1. The molecule has 1 aromatic rings. The SMILES string of the molecule is CCOc1cccc(CNC(=O)CCCC(C)N)c1. The molecule has 19 heavy (non-hydrogen) atoms. The molecular formula is C15H24N2O2. The van der Waals surface area contributed by atoms with E-state index in [-0.39, 0.29) is 11.9 Å². The van der Waals surface area contributed by atoms with E-state index in [0.717, 1.165) is 24.2 Å². The van der Waals surface area contributed by atoms with Gasteiger partial charge in [0.2, 0.25) is 5.91 Å². The van der Waals surface area contributed by atoms with Crippen molar-refractivity contribution in [3.63, 3.8) is 0 Å². The Hall–Kier alpha value is -1.55. The van der Waals surface area contributed by atoms with E-state index in [9.17, 15) is 4.79 Å². The topological polar surface area (TPSA) is 64.3 Å². The Morgan fingerprint density at radius 1 is 1.47 bits per heavy atom. The molecule has 0 radical (unpaired) electrons. The van der Waals surface area contributed by atoms with E-state index in [1.807, 2.05) is 38.1 Å². The van der Waals surface area contributed by atoms with E-state index in [1.54, 1.807) is 0 Å². The number of nitrogens with one attached hydrogen (secondary N) is 1. The third-order valence-corrected chi connectivity index (χ3v) is 2.76. The molecule has 3 N–H and O–H groups in total. The van der Waals surface area contributed by atoms with Crippen LogP contribution >= 0.6 is 0 Å². The van der Waals surface area contributed by atoms with E-state index >= 15 is 0 Å². The molecule has 0 saturated carbocycles. The first kappa shape index (κ1) is 15.5. The van der Waals surface area contributed by atoms with Crippen molar-refractivity contribution in [3.05, 3.63) is 29.8 Å². The number of ether oxygens (including phenoxy) is 1. The van der Waals surface area contributed by atoms with Gasteiger partial charge in [-0.2, -0.15) is 0 Å². The van der Waals surface area contributed by atoms with Gasteiger partial charge in [-0.15, -0.1) is 0 Å². The van der Waals surface area contributed by atoms with Crippen LogP contribution in [0, 0.1) is 0 Å². The van der Waals surface area contributed by atoms with Crippen LogP contribution in [0.4, 0.5) is 0 Å². The summed E-state index contributed by atoms with van der Waals surface area (Å²) in [4.78, 5) is 11.6. The van der Waals surface area contributed by atoms with E-state index in [1.165, 1.54) is 0 Å². The van der Waals surface area contributed by atoms with Gasteiger partial charge in [0, 0.05) is 19.0 Å². The minimum atomic E-state index is 0.0717. The maximum Gasteiger partial charge on any atom is 0.220 e. The van der Waals surface area contributed by atoms with Crippen LogP contribution in [0.15, 0.2) is 24.3 Å². The van der Waals surface area contributed by atoms with Gasteiger partial charge in [-0.25, -0.2) is 0 Å². The van der Waals surface area contributed by atoms with Gasteiger partial charge in [-0.1, -0.05) is 12.1 Å². The predicted molar refractivity (Wildman–Crippen MR) is 77.0 cm³/mol. The van der Waals surface area contributed by atoms with Crippen LogP contribution in [-0.4, -0.2) is 18.6 Å². The molecule has 1 aromatic carbocycles. The normalized spacial score (nSPS) is 11.9. The van der Waals surface area contributed by atoms with Gasteiger partial charge in [0.1, 0.15) is 5.75 Å². The lowest BCUT2D eigenvalue weighted by Crippen LogP contribution is -2.23. The number of carbonyl (C=O) groups is 1. The summed E-state index contributed by atoms with van der Waals surface area (Å²) in [6.45, 7) is 5.09. The van der Waals surface area contributed by atoms with Crippen molar-refractivity contribution in [3.8, 4) is 5.75 Å². The molecule has 0 saturated heterocycles. The maximum absolute atomic E-state index is 11.6. The quantitative estimate of drug-likeness (QED) is 0.756. The van der Waals surface area contributed by atoms with E-state index in [4.69, 9.17) is 10.5 Å². The fourth-order valence-electron chi connectivity index (χ4n) is 1.79. The Bertz CT molecular complexity index is 391. The van der Waals surface area contributed by atoms with Crippen LogP contribution in [0.3, 0.4) is 0 Å². The zero-order chi connectivity index (χ0) is 14.1. The fourth-order valence-corrected chi connectivity index (χ4v) is 1.79. The molecule has 0 aromatic heterocycles. The highest BCUT2D eigenvalue weighted by molar-refractivity contribution is 5.75. The molecular weight excluding hydrogens is 240 g/mol. The Morgan fingerprint density at radius 3 is 2.95 bits per heavy atom. The minimum absolute atomic E-state index is 0.0717. The molecule has 1 amide bonds. The molecule has 106 valence electrons. The Labute approximate surface area is 115 Å². The molecule has 0 aliphatic heterocycles. The lowest BCUT2D eigenvalue weighted by Gasteiger charge is -2.08. The maximum atomic E-state index is 11.6. The second-order valence-electron chi connectivity index (χ2n) is 4.73. The average molecular weight is 264 g/mol. The molecule has 4 nitrogen and oxygen atoms in total. The van der Waals surface area contributed by atoms with Gasteiger partial charge < -0.3 is 15.8 Å². The highest BCUT2D eigenvalue weighted by Crippen LogP contribution is 2.13. The van der Waals surface area contributed by atoms with Crippen molar-refractivity contribution >= 4 is 5.91 Å². The van der Waals surface area contributed by atoms with Gasteiger partial charge in [0.05, 0.1) is 6.61 Å². The first-order chi connectivity index (χ1) is 9.11. The summed E-state index contributed by atoms with van der Waals surface area (Å²) in [6.07, 6.45) is 2.25. The molecule has 4 heteroatoms. The van der Waals surface area contributed by atoms with Gasteiger partial charge in [-0.3, -0.25) is 4.79 Å². The molecule has 1 rings (SSSR count). The third-order valence-electron chi connectivity index (χ3n) is 2.76. The summed E-state index contributed by atoms with van der Waals surface area (Å²) in [5.41, 5.74) is 6.69. The smallest absolute Gasteiger partial charge is 0.220 e. The highest BCUT2D eigenvalue weighted by atomic mass is 16.5. The van der Waals surface area contributed by atoms with Crippen molar-refractivity contribution in [1.82, 2.24) is 5.32 Å². The summed E-state index contributed by atoms with van der Waals surface area (Å²) >= 11 is 0. The van der Waals surface area contributed by atoms with Crippen molar-refractivity contribution in [2.24, 2.45) is 5.73 Å². The Kier molecular flexibility index (Phi) is 6.97. The van der Waals surface area contributed by atoms with E-state index in [2.05, 4.69) is 5.32 Å². The van der Waals surface area contributed by atoms with Crippen LogP contribution in [0.25, 0.3) is 0 Å². The number of hydrogen-bond acceptors (Lipinski definition) is 3. The summed E-state index contributed by atoms with van der Waals surface area (Å²) < 4.78 is 5.42. The number of nitrogens with two attached hydrogens (primary N) is 1. The zero-order valence-electron chi connectivity index (χ0n) is 11.8. The second-order valence-corrected chi connectivity index (χ2v) is 4.73. The summed E-state index contributed by atoms with van der Waals surface area (Å²) in [5.74, 6) is 0.911. The van der Waals surface area contributed by atoms with Crippen molar-refractivity contribution < 1.29 is 9.53 Å². The molecule has 0 aliphatic carbocycles. The van der Waals surface area contributed by atoms with Gasteiger partial charge >= 0.3 is 0 Å². The Balaban J connectivity index is 2.31. The Morgan fingerprint density at radius 2 is 2.26 bits per heavy atom. The molecule has 0 heterocycles. The average Bonchev–Trinajstić information content (AvgIpc) is 2.37. The molecule has 0 aliphatic rings. The zero-order valence-corrected chi connectivity index (χ0v) is 11.8. The predicted octanol–water partition coefficient (Wildman–Crippen LogP) is 2.22. The van der Waals surface area contributed by atoms with Crippen LogP contribution in [0.5, 0.6) is 5.75 Å². The van der Waals surface area contributed by atoms with Crippen molar-refractivity contribution in [2.45, 2.75) is 45.7 Å².